The van der Waals surface area contributed by atoms with Crippen molar-refractivity contribution in [3.63, 3.8) is 0 Å². The Labute approximate surface area is 98.2 Å². The number of benzene rings is 1. The van der Waals surface area contributed by atoms with E-state index in [1.165, 1.54) is 5.69 Å². The van der Waals surface area contributed by atoms with Gasteiger partial charge in [0.15, 0.2) is 0 Å². The molecular formula is C13H22N2O. The van der Waals surface area contributed by atoms with Crippen molar-refractivity contribution in [1.82, 2.24) is 5.32 Å². The maximum atomic E-state index is 5.33. The van der Waals surface area contributed by atoms with Gasteiger partial charge in [0.05, 0.1) is 6.61 Å². The van der Waals surface area contributed by atoms with Crippen LogP contribution in [0.4, 0.5) is 5.69 Å². The molecule has 0 aliphatic rings. The highest BCUT2D eigenvalue weighted by molar-refractivity contribution is 5.42. The van der Waals surface area contributed by atoms with Gasteiger partial charge in [-0.05, 0) is 26.0 Å². The van der Waals surface area contributed by atoms with Crippen LogP contribution in [0.5, 0.6) is 0 Å². The van der Waals surface area contributed by atoms with E-state index in [2.05, 4.69) is 29.7 Å². The minimum absolute atomic E-state index is 0.414. The second-order valence-electron chi connectivity index (χ2n) is 3.81. The summed E-state index contributed by atoms with van der Waals surface area (Å²) in [7, 11) is 0. The van der Waals surface area contributed by atoms with Gasteiger partial charge in [-0.1, -0.05) is 18.2 Å². The summed E-state index contributed by atoms with van der Waals surface area (Å²) in [5.41, 5.74) is 1.17. The fourth-order valence-electron chi connectivity index (χ4n) is 1.43. The summed E-state index contributed by atoms with van der Waals surface area (Å²) in [4.78, 5) is 0. The molecule has 0 amide bonds. The Bertz CT molecular complexity index is 264. The van der Waals surface area contributed by atoms with E-state index in [1.807, 2.05) is 25.1 Å². The molecule has 3 nitrogen and oxygen atoms in total. The van der Waals surface area contributed by atoms with Crippen LogP contribution in [-0.2, 0) is 4.74 Å². The van der Waals surface area contributed by atoms with Gasteiger partial charge in [0.1, 0.15) is 0 Å². The Morgan fingerprint density at radius 3 is 2.62 bits per heavy atom. The molecule has 1 aromatic rings. The Hall–Kier alpha value is -1.06. The second kappa shape index (κ2) is 8.13. The molecule has 0 fully saturated rings. The van der Waals surface area contributed by atoms with Gasteiger partial charge in [-0.25, -0.2) is 0 Å². The van der Waals surface area contributed by atoms with E-state index >= 15 is 0 Å². The van der Waals surface area contributed by atoms with E-state index in [1.54, 1.807) is 0 Å². The Morgan fingerprint density at radius 2 is 1.94 bits per heavy atom. The van der Waals surface area contributed by atoms with E-state index in [0.717, 1.165) is 26.3 Å². The van der Waals surface area contributed by atoms with Gasteiger partial charge in [-0.2, -0.15) is 0 Å². The third-order valence-corrected chi connectivity index (χ3v) is 2.29. The fourth-order valence-corrected chi connectivity index (χ4v) is 1.43. The smallest absolute Gasteiger partial charge is 0.0616 e. The lowest BCUT2D eigenvalue weighted by Gasteiger charge is -2.14. The van der Waals surface area contributed by atoms with E-state index in [-0.39, 0.29) is 0 Å². The summed E-state index contributed by atoms with van der Waals surface area (Å²) in [6.07, 6.45) is 0. The summed E-state index contributed by atoms with van der Waals surface area (Å²) < 4.78 is 5.33. The molecule has 0 heterocycles. The molecule has 1 rings (SSSR count). The van der Waals surface area contributed by atoms with Gasteiger partial charge in [-0.3, -0.25) is 0 Å². The summed E-state index contributed by atoms with van der Waals surface area (Å²) in [5, 5.41) is 6.75. The van der Waals surface area contributed by atoms with Crippen molar-refractivity contribution >= 4 is 5.69 Å². The maximum Gasteiger partial charge on any atom is 0.0616 e. The number of rotatable bonds is 8. The first-order valence-corrected chi connectivity index (χ1v) is 5.93. The van der Waals surface area contributed by atoms with Crippen LogP contribution in [0.1, 0.15) is 13.8 Å². The molecule has 3 heteroatoms. The van der Waals surface area contributed by atoms with Crippen LogP contribution in [0, 0.1) is 0 Å². The van der Waals surface area contributed by atoms with Crippen molar-refractivity contribution in [2.45, 2.75) is 19.9 Å². The lowest BCUT2D eigenvalue weighted by atomic mass is 10.3. The first-order valence-electron chi connectivity index (χ1n) is 5.93. The van der Waals surface area contributed by atoms with E-state index in [4.69, 9.17) is 4.74 Å². The molecule has 90 valence electrons. The standard InChI is InChI=1S/C13H22N2O/c1-3-16-11-12(2)14-9-10-15-13-7-5-4-6-8-13/h4-8,12,14-15H,3,9-11H2,1-2H3. The largest absolute Gasteiger partial charge is 0.384 e. The number of ether oxygens (including phenoxy) is 1. The minimum atomic E-state index is 0.414. The average molecular weight is 222 g/mol. The highest BCUT2D eigenvalue weighted by atomic mass is 16.5. The van der Waals surface area contributed by atoms with Crippen molar-refractivity contribution in [3.05, 3.63) is 30.3 Å². The van der Waals surface area contributed by atoms with Crippen LogP contribution < -0.4 is 10.6 Å². The molecule has 0 aromatic heterocycles. The van der Waals surface area contributed by atoms with E-state index in [0.29, 0.717) is 6.04 Å². The van der Waals surface area contributed by atoms with E-state index in [9.17, 15) is 0 Å². The van der Waals surface area contributed by atoms with E-state index < -0.39 is 0 Å². The van der Waals surface area contributed by atoms with Crippen LogP contribution >= 0.6 is 0 Å². The van der Waals surface area contributed by atoms with Gasteiger partial charge in [-0.15, -0.1) is 0 Å². The zero-order valence-electron chi connectivity index (χ0n) is 10.2. The summed E-state index contributed by atoms with van der Waals surface area (Å²) in [5.74, 6) is 0. The number of hydrogen-bond donors (Lipinski definition) is 2. The van der Waals surface area contributed by atoms with Gasteiger partial charge >= 0.3 is 0 Å². The number of hydrogen-bond acceptors (Lipinski definition) is 3. The summed E-state index contributed by atoms with van der Waals surface area (Å²) >= 11 is 0. The molecule has 0 saturated heterocycles. The lowest BCUT2D eigenvalue weighted by Crippen LogP contribution is -2.34. The molecule has 0 aliphatic heterocycles. The molecule has 16 heavy (non-hydrogen) atoms. The van der Waals surface area contributed by atoms with Crippen LogP contribution in [0.25, 0.3) is 0 Å². The Morgan fingerprint density at radius 1 is 1.19 bits per heavy atom. The SMILES string of the molecule is CCOCC(C)NCCNc1ccccc1. The number of nitrogens with one attached hydrogen (secondary N) is 2. The van der Waals surface area contributed by atoms with Gasteiger partial charge in [0.2, 0.25) is 0 Å². The highest BCUT2D eigenvalue weighted by Gasteiger charge is 1.99. The van der Waals surface area contributed by atoms with Crippen LogP contribution in [-0.4, -0.2) is 32.3 Å². The predicted octanol–water partition coefficient (Wildman–Crippen LogP) is 2.11. The molecule has 2 N–H and O–H groups in total. The lowest BCUT2D eigenvalue weighted by molar-refractivity contribution is 0.128. The van der Waals surface area contributed by atoms with Crippen molar-refractivity contribution in [2.75, 3.05) is 31.6 Å². The average Bonchev–Trinajstić information content (AvgIpc) is 2.33. The van der Waals surface area contributed by atoms with Gasteiger partial charge in [0.25, 0.3) is 0 Å². The zero-order valence-corrected chi connectivity index (χ0v) is 10.2. The minimum Gasteiger partial charge on any atom is -0.384 e. The first-order chi connectivity index (χ1) is 7.83. The monoisotopic (exact) mass is 222 g/mol. The normalized spacial score (nSPS) is 12.4. The van der Waals surface area contributed by atoms with Crippen molar-refractivity contribution < 1.29 is 4.74 Å². The third-order valence-electron chi connectivity index (χ3n) is 2.29. The zero-order chi connectivity index (χ0) is 11.6. The van der Waals surface area contributed by atoms with Crippen LogP contribution in [0.3, 0.4) is 0 Å². The maximum absolute atomic E-state index is 5.33. The topological polar surface area (TPSA) is 33.3 Å². The van der Waals surface area contributed by atoms with Gasteiger partial charge < -0.3 is 15.4 Å². The van der Waals surface area contributed by atoms with Gasteiger partial charge in [0, 0.05) is 31.4 Å². The molecule has 0 bridgehead atoms. The van der Waals surface area contributed by atoms with Crippen molar-refractivity contribution in [1.29, 1.82) is 0 Å². The molecule has 0 saturated carbocycles. The molecule has 0 radical (unpaired) electrons. The molecule has 0 spiro atoms. The number of para-hydroxylation sites is 1. The summed E-state index contributed by atoms with van der Waals surface area (Å²) in [6, 6.07) is 10.7. The van der Waals surface area contributed by atoms with Crippen LogP contribution in [0.2, 0.25) is 0 Å². The molecule has 1 atom stereocenters. The number of anilines is 1. The quantitative estimate of drug-likeness (QED) is 0.661. The Kier molecular flexibility index (Phi) is 6.61. The summed E-state index contributed by atoms with van der Waals surface area (Å²) in [6.45, 7) is 7.60. The van der Waals surface area contributed by atoms with Crippen molar-refractivity contribution in [3.8, 4) is 0 Å². The molecule has 1 aromatic carbocycles. The second-order valence-corrected chi connectivity index (χ2v) is 3.81. The molecular weight excluding hydrogens is 200 g/mol. The molecule has 1 unspecified atom stereocenters. The van der Waals surface area contributed by atoms with Crippen molar-refractivity contribution in [2.24, 2.45) is 0 Å². The predicted molar refractivity (Wildman–Crippen MR) is 68.9 cm³/mol. The fraction of sp³-hybridized carbons (Fsp3) is 0.538. The molecule has 0 aliphatic carbocycles. The first kappa shape index (κ1) is 13.0. The highest BCUT2D eigenvalue weighted by Crippen LogP contribution is 2.03. The Balaban J connectivity index is 2.03. The van der Waals surface area contributed by atoms with Crippen LogP contribution in [0.15, 0.2) is 30.3 Å². The third kappa shape index (κ3) is 5.73.